The third kappa shape index (κ3) is 2.82. The van der Waals surface area contributed by atoms with Crippen molar-refractivity contribution in [3.8, 4) is 0 Å². The van der Waals surface area contributed by atoms with Gasteiger partial charge < -0.3 is 5.11 Å². The maximum atomic E-state index is 12.4. The maximum absolute atomic E-state index is 12.4. The molecule has 1 heterocycles. The van der Waals surface area contributed by atoms with E-state index in [1.807, 2.05) is 0 Å². The van der Waals surface area contributed by atoms with Gasteiger partial charge in [0.1, 0.15) is 5.15 Å². The number of carboxylic acids is 1. The molecule has 1 N–H and O–H groups in total. The SMILES string of the molecule is O=C(O)c1cc(C(F)F)c(C(F)(F)F)nc1Cl. The highest BCUT2D eigenvalue weighted by molar-refractivity contribution is 6.32. The van der Waals surface area contributed by atoms with Gasteiger partial charge in [0.2, 0.25) is 0 Å². The van der Waals surface area contributed by atoms with Crippen LogP contribution in [0.2, 0.25) is 5.15 Å². The first-order valence-electron chi connectivity index (χ1n) is 3.93. The van der Waals surface area contributed by atoms with E-state index in [0.29, 0.717) is 0 Å². The minimum absolute atomic E-state index is 0.172. The highest BCUT2D eigenvalue weighted by atomic mass is 35.5. The molecule has 0 saturated carbocycles. The van der Waals surface area contributed by atoms with Gasteiger partial charge in [-0.15, -0.1) is 0 Å². The molecule has 0 saturated heterocycles. The Bertz CT molecular complexity index is 460. The first kappa shape index (κ1) is 13.6. The van der Waals surface area contributed by atoms with Crippen LogP contribution < -0.4 is 0 Å². The average Bonchev–Trinajstić information content (AvgIpc) is 2.14. The van der Waals surface area contributed by atoms with Crippen LogP contribution in [0.25, 0.3) is 0 Å². The molecule has 0 spiro atoms. The van der Waals surface area contributed by atoms with E-state index in [9.17, 15) is 26.7 Å². The second-order valence-corrected chi connectivity index (χ2v) is 3.23. The molecule has 0 aromatic carbocycles. The number of rotatable bonds is 2. The Kier molecular flexibility index (Phi) is 3.56. The first-order chi connectivity index (χ1) is 7.64. The normalized spacial score (nSPS) is 11.9. The molecule has 0 aliphatic rings. The number of aromatic nitrogens is 1. The van der Waals surface area contributed by atoms with Crippen molar-refractivity contribution < 1.29 is 31.9 Å². The van der Waals surface area contributed by atoms with Crippen molar-refractivity contribution in [1.82, 2.24) is 4.98 Å². The largest absolute Gasteiger partial charge is 0.478 e. The number of aromatic carboxylic acids is 1. The fourth-order valence-corrected chi connectivity index (χ4v) is 1.27. The second kappa shape index (κ2) is 4.44. The molecule has 0 aliphatic carbocycles. The Morgan fingerprint density at radius 3 is 2.29 bits per heavy atom. The summed E-state index contributed by atoms with van der Waals surface area (Å²) in [5, 5.41) is 7.52. The highest BCUT2D eigenvalue weighted by Gasteiger charge is 2.39. The monoisotopic (exact) mass is 275 g/mol. The van der Waals surface area contributed by atoms with Crippen molar-refractivity contribution in [1.29, 1.82) is 0 Å². The highest BCUT2D eigenvalue weighted by Crippen LogP contribution is 2.36. The zero-order chi connectivity index (χ0) is 13.4. The summed E-state index contributed by atoms with van der Waals surface area (Å²) in [6.45, 7) is 0. The lowest BCUT2D eigenvalue weighted by Gasteiger charge is -2.12. The lowest BCUT2D eigenvalue weighted by atomic mass is 10.1. The van der Waals surface area contributed by atoms with Gasteiger partial charge in [-0.1, -0.05) is 11.6 Å². The van der Waals surface area contributed by atoms with Gasteiger partial charge >= 0.3 is 12.1 Å². The lowest BCUT2D eigenvalue weighted by molar-refractivity contribution is -0.143. The standard InChI is InChI=1S/C8H3ClF5NO2/c9-5-3(7(16)17)1-2(6(10)11)4(15-5)8(12,13)14/h1,6H,(H,16,17). The van der Waals surface area contributed by atoms with E-state index in [1.165, 1.54) is 0 Å². The number of pyridine rings is 1. The second-order valence-electron chi connectivity index (χ2n) is 2.87. The van der Waals surface area contributed by atoms with E-state index in [0.717, 1.165) is 0 Å². The van der Waals surface area contributed by atoms with Crippen LogP contribution in [0.4, 0.5) is 22.0 Å². The zero-order valence-corrected chi connectivity index (χ0v) is 8.48. The molecule has 3 nitrogen and oxygen atoms in total. The Balaban J connectivity index is 3.53. The van der Waals surface area contributed by atoms with Crippen LogP contribution in [0.3, 0.4) is 0 Å². The van der Waals surface area contributed by atoms with E-state index in [4.69, 9.17) is 16.7 Å². The molecule has 0 aliphatic heterocycles. The van der Waals surface area contributed by atoms with Gasteiger partial charge in [0.25, 0.3) is 6.43 Å². The third-order valence-corrected chi connectivity index (χ3v) is 2.03. The number of hydrogen-bond donors (Lipinski definition) is 1. The minimum atomic E-state index is -5.13. The fraction of sp³-hybridized carbons (Fsp3) is 0.250. The molecular weight excluding hydrogens is 273 g/mol. The summed E-state index contributed by atoms with van der Waals surface area (Å²) >= 11 is 5.17. The van der Waals surface area contributed by atoms with Gasteiger partial charge in [-0.05, 0) is 6.07 Å². The summed E-state index contributed by atoms with van der Waals surface area (Å²) in [4.78, 5) is 13.2. The van der Waals surface area contributed by atoms with Gasteiger partial charge in [0.05, 0.1) is 5.56 Å². The summed E-state index contributed by atoms with van der Waals surface area (Å²) in [7, 11) is 0. The molecular formula is C8H3ClF5NO2. The van der Waals surface area contributed by atoms with Crippen LogP contribution >= 0.6 is 11.6 Å². The fourth-order valence-electron chi connectivity index (χ4n) is 1.05. The van der Waals surface area contributed by atoms with E-state index < -0.39 is 40.5 Å². The van der Waals surface area contributed by atoms with E-state index in [-0.39, 0.29) is 6.07 Å². The number of carbonyl (C=O) groups is 1. The first-order valence-corrected chi connectivity index (χ1v) is 4.31. The molecule has 94 valence electrons. The summed E-state index contributed by atoms with van der Waals surface area (Å²) in [6.07, 6.45) is -8.64. The van der Waals surface area contributed by atoms with Gasteiger partial charge in [0, 0.05) is 5.56 Å². The molecule has 0 radical (unpaired) electrons. The summed E-state index contributed by atoms with van der Waals surface area (Å²) in [5.74, 6) is -1.74. The molecule has 9 heteroatoms. The van der Waals surface area contributed by atoms with Gasteiger partial charge in [-0.3, -0.25) is 0 Å². The summed E-state index contributed by atoms with van der Waals surface area (Å²) in [5.41, 5.74) is -4.31. The van der Waals surface area contributed by atoms with Crippen LogP contribution in [0, 0.1) is 0 Å². The van der Waals surface area contributed by atoms with Crippen molar-refractivity contribution >= 4 is 17.6 Å². The Morgan fingerprint density at radius 1 is 1.41 bits per heavy atom. The molecule has 0 atom stereocenters. The van der Waals surface area contributed by atoms with Crippen LogP contribution in [0.15, 0.2) is 6.07 Å². The van der Waals surface area contributed by atoms with E-state index >= 15 is 0 Å². The van der Waals surface area contributed by atoms with Gasteiger partial charge in [-0.25, -0.2) is 18.6 Å². The predicted octanol–water partition coefficient (Wildman–Crippen LogP) is 3.39. The zero-order valence-electron chi connectivity index (χ0n) is 7.73. The Labute approximate surface area is 95.8 Å². The maximum Gasteiger partial charge on any atom is 0.433 e. The Morgan fingerprint density at radius 2 is 1.94 bits per heavy atom. The third-order valence-electron chi connectivity index (χ3n) is 1.74. The van der Waals surface area contributed by atoms with Gasteiger partial charge in [-0.2, -0.15) is 13.2 Å². The van der Waals surface area contributed by atoms with E-state index in [2.05, 4.69) is 4.98 Å². The van der Waals surface area contributed by atoms with Crippen LogP contribution in [0.5, 0.6) is 0 Å². The number of carboxylic acid groups (broad SMARTS) is 1. The molecule has 1 aromatic heterocycles. The van der Waals surface area contributed by atoms with Crippen molar-refractivity contribution in [2.75, 3.05) is 0 Å². The van der Waals surface area contributed by atoms with E-state index in [1.54, 1.807) is 0 Å². The van der Waals surface area contributed by atoms with Crippen LogP contribution in [-0.4, -0.2) is 16.1 Å². The van der Waals surface area contributed by atoms with Crippen molar-refractivity contribution in [3.63, 3.8) is 0 Å². The average molecular weight is 276 g/mol. The van der Waals surface area contributed by atoms with Crippen LogP contribution in [0.1, 0.15) is 28.0 Å². The predicted molar refractivity (Wildman–Crippen MR) is 46.2 cm³/mol. The van der Waals surface area contributed by atoms with Crippen molar-refractivity contribution in [2.24, 2.45) is 0 Å². The number of nitrogens with zero attached hydrogens (tertiary/aromatic N) is 1. The quantitative estimate of drug-likeness (QED) is 0.665. The molecule has 0 amide bonds. The van der Waals surface area contributed by atoms with Gasteiger partial charge in [0.15, 0.2) is 5.69 Å². The molecule has 0 fully saturated rings. The number of halogens is 6. The molecule has 0 bridgehead atoms. The molecule has 17 heavy (non-hydrogen) atoms. The topological polar surface area (TPSA) is 50.2 Å². The van der Waals surface area contributed by atoms with Crippen molar-refractivity contribution in [3.05, 3.63) is 28.0 Å². The Hall–Kier alpha value is -1.44. The molecule has 1 aromatic rings. The lowest BCUT2D eigenvalue weighted by Crippen LogP contribution is -2.15. The summed E-state index contributed by atoms with van der Waals surface area (Å²) < 4.78 is 61.7. The number of hydrogen-bond acceptors (Lipinski definition) is 2. The van der Waals surface area contributed by atoms with Crippen LogP contribution in [-0.2, 0) is 6.18 Å². The van der Waals surface area contributed by atoms with Crippen molar-refractivity contribution in [2.45, 2.75) is 12.6 Å². The summed E-state index contributed by atoms with van der Waals surface area (Å²) in [6, 6.07) is 0.172. The number of alkyl halides is 5. The smallest absolute Gasteiger partial charge is 0.433 e. The molecule has 1 rings (SSSR count). The molecule has 0 unspecified atom stereocenters. The minimum Gasteiger partial charge on any atom is -0.478 e.